The Morgan fingerprint density at radius 3 is 2.33 bits per heavy atom. The van der Waals surface area contributed by atoms with Crippen molar-refractivity contribution in [3.63, 3.8) is 0 Å². The van der Waals surface area contributed by atoms with Gasteiger partial charge in [0.05, 0.1) is 18.3 Å². The Bertz CT molecular complexity index is 666. The molecule has 0 aliphatic carbocycles. The van der Waals surface area contributed by atoms with E-state index in [1.807, 2.05) is 20.8 Å². The number of benzene rings is 1. The maximum absolute atomic E-state index is 13.5. The van der Waals surface area contributed by atoms with Crippen molar-refractivity contribution in [1.82, 2.24) is 10.6 Å². The normalized spacial score (nSPS) is 12.8. The van der Waals surface area contributed by atoms with E-state index in [0.29, 0.717) is 12.5 Å². The summed E-state index contributed by atoms with van der Waals surface area (Å²) in [7, 11) is 3.14. The maximum atomic E-state index is 13.5. The molecule has 1 aromatic carbocycles. The number of rotatable bonds is 6. The number of amides is 1. The molecular weight excluding hydrogens is 476 g/mol. The van der Waals surface area contributed by atoms with E-state index in [-0.39, 0.29) is 42.0 Å². The molecule has 0 saturated heterocycles. The van der Waals surface area contributed by atoms with Crippen LogP contribution in [0.1, 0.15) is 20.8 Å². The van der Waals surface area contributed by atoms with Crippen molar-refractivity contribution in [1.29, 1.82) is 0 Å². The quantitative estimate of drug-likeness (QED) is 0.242. The van der Waals surface area contributed by atoms with Crippen LogP contribution in [-0.2, 0) is 9.53 Å². The molecule has 0 aliphatic rings. The number of carbonyl (C=O) groups is 1. The molecule has 0 saturated carbocycles. The van der Waals surface area contributed by atoms with Gasteiger partial charge in [-0.25, -0.2) is 13.2 Å². The van der Waals surface area contributed by atoms with Gasteiger partial charge in [-0.05, 0) is 17.5 Å². The van der Waals surface area contributed by atoms with Crippen LogP contribution in [0.25, 0.3) is 0 Å². The zero-order valence-electron chi connectivity index (χ0n) is 16.0. The molecule has 1 rings (SSSR count). The van der Waals surface area contributed by atoms with Gasteiger partial charge in [-0.1, -0.05) is 20.8 Å². The van der Waals surface area contributed by atoms with Gasteiger partial charge in [-0.15, -0.1) is 24.0 Å². The maximum Gasteiger partial charge on any atom is 0.243 e. The number of guanidine groups is 1. The second kappa shape index (κ2) is 11.3. The number of anilines is 1. The summed E-state index contributed by atoms with van der Waals surface area (Å²) in [6.07, 6.45) is -0.0915. The van der Waals surface area contributed by atoms with E-state index in [4.69, 9.17) is 4.74 Å². The summed E-state index contributed by atoms with van der Waals surface area (Å²) in [6.45, 7) is 6.30. The first kappa shape index (κ1) is 25.4. The number of aliphatic imine (C=N–C) groups is 1. The Morgan fingerprint density at radius 2 is 1.81 bits per heavy atom. The van der Waals surface area contributed by atoms with Crippen LogP contribution in [0.15, 0.2) is 17.1 Å². The Balaban J connectivity index is 0.00000676. The number of hydrogen-bond donors (Lipinski definition) is 3. The zero-order valence-corrected chi connectivity index (χ0v) is 18.3. The van der Waals surface area contributed by atoms with Gasteiger partial charge in [0.25, 0.3) is 0 Å². The zero-order chi connectivity index (χ0) is 19.9. The fourth-order valence-corrected chi connectivity index (χ4v) is 2.13. The molecule has 3 N–H and O–H groups in total. The van der Waals surface area contributed by atoms with Gasteiger partial charge in [0.1, 0.15) is 0 Å². The third-order valence-electron chi connectivity index (χ3n) is 3.65. The van der Waals surface area contributed by atoms with Crippen molar-refractivity contribution in [3.05, 3.63) is 29.6 Å². The molecule has 1 aromatic rings. The lowest BCUT2D eigenvalue weighted by Crippen LogP contribution is -2.47. The van der Waals surface area contributed by atoms with E-state index in [2.05, 4.69) is 20.9 Å². The van der Waals surface area contributed by atoms with Crippen molar-refractivity contribution in [2.75, 3.05) is 32.6 Å². The summed E-state index contributed by atoms with van der Waals surface area (Å²) < 4.78 is 45.0. The van der Waals surface area contributed by atoms with E-state index in [1.165, 1.54) is 7.05 Å². The number of ether oxygens (including phenoxy) is 1. The lowest BCUT2D eigenvalue weighted by atomic mass is 9.89. The first-order valence-electron chi connectivity index (χ1n) is 8.00. The third kappa shape index (κ3) is 7.91. The Morgan fingerprint density at radius 1 is 1.19 bits per heavy atom. The van der Waals surface area contributed by atoms with Crippen LogP contribution in [0, 0.1) is 22.9 Å². The predicted octanol–water partition coefficient (Wildman–Crippen LogP) is 2.89. The fraction of sp³-hybridized carbons (Fsp3) is 0.529. The average Bonchev–Trinajstić information content (AvgIpc) is 2.57. The summed E-state index contributed by atoms with van der Waals surface area (Å²) in [5.74, 6) is -4.71. The molecule has 0 fully saturated rings. The average molecular weight is 502 g/mol. The molecule has 1 amide bonds. The first-order valence-corrected chi connectivity index (χ1v) is 8.00. The molecule has 0 radical (unpaired) electrons. The molecule has 154 valence electrons. The van der Waals surface area contributed by atoms with Crippen molar-refractivity contribution in [3.8, 4) is 0 Å². The largest absolute Gasteiger partial charge is 0.379 e. The molecule has 6 nitrogen and oxygen atoms in total. The highest BCUT2D eigenvalue weighted by atomic mass is 127. The van der Waals surface area contributed by atoms with Crippen molar-refractivity contribution in [2.45, 2.75) is 26.9 Å². The molecule has 0 heterocycles. The van der Waals surface area contributed by atoms with Crippen LogP contribution in [0.3, 0.4) is 0 Å². The van der Waals surface area contributed by atoms with E-state index in [9.17, 15) is 18.0 Å². The molecule has 1 atom stereocenters. The summed E-state index contributed by atoms with van der Waals surface area (Å²) in [5, 5.41) is 7.94. The molecule has 0 spiro atoms. The minimum absolute atomic E-state index is 0. The lowest BCUT2D eigenvalue weighted by molar-refractivity contribution is -0.115. The number of halogens is 4. The number of methoxy groups -OCH3 is 1. The number of hydrogen-bond acceptors (Lipinski definition) is 3. The van der Waals surface area contributed by atoms with Gasteiger partial charge < -0.3 is 20.7 Å². The molecule has 27 heavy (non-hydrogen) atoms. The van der Waals surface area contributed by atoms with E-state index in [1.54, 1.807) is 7.11 Å². The van der Waals surface area contributed by atoms with Crippen molar-refractivity contribution >= 4 is 41.5 Å². The van der Waals surface area contributed by atoms with Crippen molar-refractivity contribution in [2.24, 2.45) is 10.4 Å². The van der Waals surface area contributed by atoms with Crippen LogP contribution < -0.4 is 16.0 Å². The highest BCUT2D eigenvalue weighted by molar-refractivity contribution is 14.0. The standard InChI is InChI=1S/C17H25F3N4O2.HI/c1-17(2,3)12(26-5)8-22-16(21-4)23-9-13(25)24-11-7-6-10(18)14(19)15(11)20;/h6-7,12H,8-9H2,1-5H3,(H,24,25)(H2,21,22,23);1H. The van der Waals surface area contributed by atoms with Crippen LogP contribution in [-0.4, -0.2) is 45.2 Å². The smallest absolute Gasteiger partial charge is 0.243 e. The van der Waals surface area contributed by atoms with Gasteiger partial charge in [-0.3, -0.25) is 9.79 Å². The highest BCUT2D eigenvalue weighted by Gasteiger charge is 2.24. The lowest BCUT2D eigenvalue weighted by Gasteiger charge is -2.30. The number of nitrogens with one attached hydrogen (secondary N) is 3. The molecule has 0 aromatic heterocycles. The minimum Gasteiger partial charge on any atom is -0.379 e. The Hall–Kier alpha value is -1.56. The van der Waals surface area contributed by atoms with Crippen LogP contribution >= 0.6 is 24.0 Å². The number of carbonyl (C=O) groups excluding carboxylic acids is 1. The van der Waals surface area contributed by atoms with E-state index in [0.717, 1.165) is 12.1 Å². The SMILES string of the molecule is CN=C(NCC(=O)Nc1ccc(F)c(F)c1F)NCC(OC)C(C)(C)C.I. The van der Waals surface area contributed by atoms with E-state index >= 15 is 0 Å². The monoisotopic (exact) mass is 502 g/mol. The second-order valence-electron chi connectivity index (χ2n) is 6.67. The van der Waals surface area contributed by atoms with Gasteiger partial charge in [-0.2, -0.15) is 0 Å². The van der Waals surface area contributed by atoms with Crippen LogP contribution in [0.5, 0.6) is 0 Å². The second-order valence-corrected chi connectivity index (χ2v) is 6.67. The summed E-state index contributed by atoms with van der Waals surface area (Å²) in [6, 6.07) is 1.69. The summed E-state index contributed by atoms with van der Waals surface area (Å²) >= 11 is 0. The van der Waals surface area contributed by atoms with Crippen molar-refractivity contribution < 1.29 is 22.7 Å². The van der Waals surface area contributed by atoms with Gasteiger partial charge in [0, 0.05) is 20.7 Å². The van der Waals surface area contributed by atoms with E-state index < -0.39 is 29.0 Å². The van der Waals surface area contributed by atoms with Gasteiger partial charge in [0.15, 0.2) is 23.4 Å². The topological polar surface area (TPSA) is 74.8 Å². The molecule has 1 unspecified atom stereocenters. The molecular formula is C17H26F3IN4O2. The summed E-state index contributed by atoms with van der Waals surface area (Å²) in [5.41, 5.74) is -0.534. The minimum atomic E-state index is -1.64. The third-order valence-corrected chi connectivity index (χ3v) is 3.65. The predicted molar refractivity (Wildman–Crippen MR) is 110 cm³/mol. The highest BCUT2D eigenvalue weighted by Crippen LogP contribution is 2.21. The Labute approximate surface area is 174 Å². The van der Waals surface area contributed by atoms with Gasteiger partial charge >= 0.3 is 0 Å². The fourth-order valence-electron chi connectivity index (χ4n) is 2.13. The Kier molecular flexibility index (Phi) is 10.7. The summed E-state index contributed by atoms with van der Waals surface area (Å²) in [4.78, 5) is 15.8. The molecule has 0 bridgehead atoms. The first-order chi connectivity index (χ1) is 12.1. The number of nitrogens with zero attached hydrogens (tertiary/aromatic N) is 1. The van der Waals surface area contributed by atoms with Gasteiger partial charge in [0.2, 0.25) is 5.91 Å². The molecule has 0 aliphatic heterocycles. The van der Waals surface area contributed by atoms with Crippen LogP contribution in [0.2, 0.25) is 0 Å². The van der Waals surface area contributed by atoms with Crippen LogP contribution in [0.4, 0.5) is 18.9 Å². The molecule has 10 heteroatoms.